The lowest BCUT2D eigenvalue weighted by Gasteiger charge is -2.21. The lowest BCUT2D eigenvalue weighted by Crippen LogP contribution is -2.40. The zero-order valence-corrected chi connectivity index (χ0v) is 19.6. The van der Waals surface area contributed by atoms with E-state index in [9.17, 15) is 10.1 Å². The molecule has 1 aromatic heterocycles. The predicted molar refractivity (Wildman–Crippen MR) is 126 cm³/mol. The third-order valence-corrected chi connectivity index (χ3v) is 4.72. The summed E-state index contributed by atoms with van der Waals surface area (Å²) < 4.78 is 35.0. The van der Waals surface area contributed by atoms with Crippen LogP contribution in [0, 0.1) is 10.1 Å². The maximum Gasteiger partial charge on any atom is 0.271 e. The largest absolute Gasteiger partial charge is 0.726 e. The number of non-ortho nitro benzene ring substituents is 1. The van der Waals surface area contributed by atoms with Crippen molar-refractivity contribution in [3.8, 4) is 0 Å². The van der Waals surface area contributed by atoms with Crippen LogP contribution in [0.3, 0.4) is 0 Å². The fourth-order valence-corrected chi connectivity index (χ4v) is 3.03. The Bertz CT molecular complexity index is 1220. The van der Waals surface area contributed by atoms with Crippen molar-refractivity contribution in [1.82, 2.24) is 0 Å². The highest BCUT2D eigenvalue weighted by molar-refractivity contribution is 7.79. The Morgan fingerprint density at radius 1 is 1.09 bits per heavy atom. The van der Waals surface area contributed by atoms with Crippen LogP contribution in [0.2, 0.25) is 5.02 Å². The number of likely N-dealkylation sites (N-methyl/N-ethyl adjacent to an activating group) is 1. The van der Waals surface area contributed by atoms with Gasteiger partial charge in [0.25, 0.3) is 5.69 Å². The Labute approximate surface area is 201 Å². The zero-order valence-electron chi connectivity index (χ0n) is 18.1. The molecule has 0 saturated carbocycles. The Morgan fingerprint density at radius 3 is 2.24 bits per heavy atom. The van der Waals surface area contributed by atoms with Gasteiger partial charge in [-0.05, 0) is 37.3 Å². The first-order chi connectivity index (χ1) is 16.1. The summed E-state index contributed by atoms with van der Waals surface area (Å²) in [6, 6.07) is 17.9. The van der Waals surface area contributed by atoms with Crippen LogP contribution in [0.25, 0.3) is 0 Å². The quantitative estimate of drug-likeness (QED) is 0.118. The number of benzene rings is 2. The number of azo groups is 1. The van der Waals surface area contributed by atoms with Gasteiger partial charge in [-0.1, -0.05) is 17.7 Å². The standard InChI is InChI=1S/C21H21ClN5O2.H2O4S/c1-2-26(15-14-25-12-4-3-5-13-25)18-8-6-17(7-9-18)23-24-21-11-10-19(27(28)29)16-20(21)22;1-5(2,3)4/h3-13,16H,2,14-15H2,1H3;(H2,1,2,3,4)/q+1;/p-1. The SMILES string of the molecule is CCN(CC[n+]1ccccc1)c1ccc(N=Nc2ccc([N+](=O)[O-])cc2Cl)cc1.O=S(=O)([O-])O. The molecule has 3 rings (SSSR count). The molecule has 180 valence electrons. The van der Waals surface area contributed by atoms with E-state index in [2.05, 4.69) is 39.0 Å². The molecule has 13 heteroatoms. The second-order valence-electron chi connectivity index (χ2n) is 6.73. The third kappa shape index (κ3) is 9.58. The summed E-state index contributed by atoms with van der Waals surface area (Å²) in [6.07, 6.45) is 4.11. The van der Waals surface area contributed by atoms with Crippen LogP contribution >= 0.6 is 11.6 Å². The van der Waals surface area contributed by atoms with Gasteiger partial charge < -0.3 is 9.45 Å². The van der Waals surface area contributed by atoms with Crippen LogP contribution in [0.15, 0.2) is 83.3 Å². The average Bonchev–Trinajstić information content (AvgIpc) is 2.79. The van der Waals surface area contributed by atoms with Gasteiger partial charge in [0.15, 0.2) is 18.9 Å². The van der Waals surface area contributed by atoms with Gasteiger partial charge in [0, 0.05) is 36.5 Å². The number of nitro groups is 1. The summed E-state index contributed by atoms with van der Waals surface area (Å²) in [5, 5.41) is 19.2. The molecule has 0 aliphatic heterocycles. The number of halogens is 1. The smallest absolute Gasteiger partial charge is 0.271 e. The Kier molecular flexibility index (Phi) is 10.0. The first kappa shape index (κ1) is 26.8. The summed E-state index contributed by atoms with van der Waals surface area (Å²) in [5.74, 6) is 0. The van der Waals surface area contributed by atoms with E-state index in [4.69, 9.17) is 29.1 Å². The second kappa shape index (κ2) is 12.7. The number of anilines is 1. The van der Waals surface area contributed by atoms with E-state index < -0.39 is 15.3 Å². The first-order valence-electron chi connectivity index (χ1n) is 9.90. The summed E-state index contributed by atoms with van der Waals surface area (Å²) in [7, 11) is -4.92. The predicted octanol–water partition coefficient (Wildman–Crippen LogP) is 4.48. The van der Waals surface area contributed by atoms with E-state index in [-0.39, 0.29) is 10.7 Å². The molecule has 0 atom stereocenters. The van der Waals surface area contributed by atoms with Crippen LogP contribution in [-0.4, -0.2) is 35.5 Å². The van der Waals surface area contributed by atoms with Gasteiger partial charge in [-0.15, -0.1) is 5.11 Å². The van der Waals surface area contributed by atoms with Crippen molar-refractivity contribution in [3.63, 3.8) is 0 Å². The summed E-state index contributed by atoms with van der Waals surface area (Å²) >= 11 is 6.04. The van der Waals surface area contributed by atoms with Gasteiger partial charge in [0.05, 0.1) is 22.2 Å². The highest BCUT2D eigenvalue weighted by Gasteiger charge is 2.10. The number of hydrogen-bond acceptors (Lipinski definition) is 8. The monoisotopic (exact) mass is 507 g/mol. The number of hydrogen-bond donors (Lipinski definition) is 1. The number of pyridine rings is 1. The number of rotatable bonds is 8. The fraction of sp³-hybridized carbons (Fsp3) is 0.190. The normalized spacial score (nSPS) is 11.1. The molecule has 0 bridgehead atoms. The number of aromatic nitrogens is 1. The van der Waals surface area contributed by atoms with Gasteiger partial charge in [0.2, 0.25) is 10.4 Å². The van der Waals surface area contributed by atoms with Gasteiger partial charge >= 0.3 is 0 Å². The lowest BCUT2D eigenvalue weighted by molar-refractivity contribution is -0.694. The highest BCUT2D eigenvalue weighted by Crippen LogP contribution is 2.30. The van der Waals surface area contributed by atoms with Crippen molar-refractivity contribution in [2.75, 3.05) is 18.0 Å². The van der Waals surface area contributed by atoms with Gasteiger partial charge in [-0.3, -0.25) is 14.7 Å². The van der Waals surface area contributed by atoms with Crippen LogP contribution < -0.4 is 9.47 Å². The van der Waals surface area contributed by atoms with Crippen molar-refractivity contribution >= 4 is 44.7 Å². The minimum atomic E-state index is -4.92. The molecule has 0 fully saturated rings. The van der Waals surface area contributed by atoms with Crippen LogP contribution in [0.4, 0.5) is 22.7 Å². The Morgan fingerprint density at radius 2 is 1.71 bits per heavy atom. The maximum absolute atomic E-state index is 10.8. The van der Waals surface area contributed by atoms with Crippen LogP contribution in [0.5, 0.6) is 0 Å². The molecular formula is C21H22ClN5O6S. The van der Waals surface area contributed by atoms with Gasteiger partial charge in [-0.2, -0.15) is 5.11 Å². The van der Waals surface area contributed by atoms with Gasteiger partial charge in [0.1, 0.15) is 5.69 Å². The Balaban J connectivity index is 0.000000739. The minimum absolute atomic E-state index is 0.0772. The third-order valence-electron chi connectivity index (χ3n) is 4.42. The maximum atomic E-state index is 10.8. The van der Waals surface area contributed by atoms with Crippen molar-refractivity contribution in [2.45, 2.75) is 13.5 Å². The molecular weight excluding hydrogens is 486 g/mol. The molecule has 3 aromatic rings. The molecule has 0 aliphatic rings. The minimum Gasteiger partial charge on any atom is -0.726 e. The summed E-state index contributed by atoms with van der Waals surface area (Å²) in [6.45, 7) is 4.81. The average molecular weight is 508 g/mol. The fourth-order valence-electron chi connectivity index (χ4n) is 2.82. The summed E-state index contributed by atoms with van der Waals surface area (Å²) in [4.78, 5) is 12.6. The Hall–Kier alpha value is -3.45. The molecule has 34 heavy (non-hydrogen) atoms. The topological polar surface area (TPSA) is 152 Å². The molecule has 0 unspecified atom stereocenters. The first-order valence-corrected chi connectivity index (χ1v) is 11.6. The second-order valence-corrected chi connectivity index (χ2v) is 7.99. The molecule has 0 radical (unpaired) electrons. The highest BCUT2D eigenvalue weighted by atomic mass is 35.5. The molecule has 0 aliphatic carbocycles. The van der Waals surface area contributed by atoms with E-state index in [1.807, 2.05) is 42.5 Å². The number of nitrogens with zero attached hydrogens (tertiary/aromatic N) is 5. The van der Waals surface area contributed by atoms with E-state index in [1.54, 1.807) is 0 Å². The lowest BCUT2D eigenvalue weighted by atomic mass is 10.2. The van der Waals surface area contributed by atoms with E-state index in [0.717, 1.165) is 25.3 Å². The molecule has 1 heterocycles. The number of nitro benzene ring substituents is 1. The van der Waals surface area contributed by atoms with Crippen molar-refractivity contribution < 1.29 is 27.0 Å². The van der Waals surface area contributed by atoms with E-state index >= 15 is 0 Å². The molecule has 0 spiro atoms. The van der Waals surface area contributed by atoms with Crippen molar-refractivity contribution in [1.29, 1.82) is 0 Å². The molecule has 11 nitrogen and oxygen atoms in total. The van der Waals surface area contributed by atoms with E-state index in [0.29, 0.717) is 11.4 Å². The van der Waals surface area contributed by atoms with E-state index in [1.165, 1.54) is 18.2 Å². The molecule has 2 aromatic carbocycles. The van der Waals surface area contributed by atoms with Gasteiger partial charge in [-0.25, -0.2) is 13.0 Å². The van der Waals surface area contributed by atoms with Crippen LogP contribution in [0.1, 0.15) is 6.92 Å². The van der Waals surface area contributed by atoms with Crippen molar-refractivity contribution in [2.24, 2.45) is 10.2 Å². The summed E-state index contributed by atoms with van der Waals surface area (Å²) in [5.41, 5.74) is 2.09. The molecule has 0 amide bonds. The van der Waals surface area contributed by atoms with Crippen LogP contribution in [-0.2, 0) is 16.9 Å². The zero-order chi connectivity index (χ0) is 25.1. The molecule has 1 N–H and O–H groups in total. The molecule has 0 saturated heterocycles. The van der Waals surface area contributed by atoms with Crippen molar-refractivity contribution in [3.05, 3.63) is 88.2 Å².